The van der Waals surface area contributed by atoms with Crippen LogP contribution in [0.5, 0.6) is 0 Å². The number of hydrogen-bond acceptors (Lipinski definition) is 4. The first-order chi connectivity index (χ1) is 18.3. The first-order valence-electron chi connectivity index (χ1n) is 11.0. The molecule has 2 aromatic heterocycles. The lowest BCUT2D eigenvalue weighted by molar-refractivity contribution is 0.102. The molecule has 3 amide bonds. The number of anilines is 3. The van der Waals surface area contributed by atoms with Crippen LogP contribution in [0.4, 0.5) is 35.2 Å². The molecule has 12 heteroatoms. The van der Waals surface area contributed by atoms with Crippen molar-refractivity contribution >= 4 is 46.4 Å². The van der Waals surface area contributed by atoms with E-state index in [1.807, 2.05) is 0 Å². The Morgan fingerprint density at radius 2 is 1.71 bits per heavy atom. The smallest absolute Gasteiger partial charge is 0.308 e. The highest BCUT2D eigenvalue weighted by Gasteiger charge is 2.15. The van der Waals surface area contributed by atoms with Crippen molar-refractivity contribution in [2.75, 3.05) is 16.0 Å². The zero-order chi connectivity index (χ0) is 26.8. The van der Waals surface area contributed by atoms with Gasteiger partial charge in [-0.05, 0) is 42.5 Å². The van der Waals surface area contributed by atoms with Gasteiger partial charge in [0.2, 0.25) is 0 Å². The van der Waals surface area contributed by atoms with E-state index in [1.54, 1.807) is 41.1 Å². The number of fused-ring (bicyclic) bond motifs is 1. The molecule has 0 saturated carbocycles. The number of aromatic nitrogens is 3. The largest absolute Gasteiger partial charge is 0.323 e. The van der Waals surface area contributed by atoms with Crippen molar-refractivity contribution in [3.05, 3.63) is 107 Å². The molecule has 0 unspecified atom stereocenters. The van der Waals surface area contributed by atoms with Crippen LogP contribution in [0.3, 0.4) is 0 Å². The standard InChI is InChI=1S/C26H16ClF3N6O2/c27-18-11-15(4-6-19(18)29)25(37)35-23-24-32-13-22(36(24)9-8-31-23)14-2-1-3-17(10-14)33-26(38)34-21-7-5-16(28)12-20(21)30/h1-13H,(H,31,35,37)(H2,33,34,38). The highest BCUT2D eigenvalue weighted by molar-refractivity contribution is 6.31. The van der Waals surface area contributed by atoms with Gasteiger partial charge in [0, 0.05) is 35.3 Å². The molecule has 0 fully saturated rings. The lowest BCUT2D eigenvalue weighted by atomic mass is 10.1. The molecule has 0 atom stereocenters. The second kappa shape index (κ2) is 10.2. The van der Waals surface area contributed by atoms with Crippen LogP contribution in [-0.4, -0.2) is 26.3 Å². The summed E-state index contributed by atoms with van der Waals surface area (Å²) in [6.45, 7) is 0. The molecular formula is C26H16ClF3N6O2. The van der Waals surface area contributed by atoms with Crippen molar-refractivity contribution in [1.82, 2.24) is 14.4 Å². The maximum absolute atomic E-state index is 13.8. The summed E-state index contributed by atoms with van der Waals surface area (Å²) in [5.74, 6) is -2.69. The quantitative estimate of drug-likeness (QED) is 0.243. The average molecular weight is 537 g/mol. The Morgan fingerprint density at radius 3 is 2.50 bits per heavy atom. The highest BCUT2D eigenvalue weighted by Crippen LogP contribution is 2.26. The van der Waals surface area contributed by atoms with Crippen LogP contribution in [-0.2, 0) is 0 Å². The molecule has 190 valence electrons. The van der Waals surface area contributed by atoms with Gasteiger partial charge in [-0.25, -0.2) is 27.9 Å². The molecule has 0 aliphatic rings. The SMILES string of the molecule is O=C(Nc1cccc(-c2cnc3c(NC(=O)c4ccc(F)c(Cl)c4)nccn23)c1)Nc1ccc(F)cc1F. The Hall–Kier alpha value is -4.90. The van der Waals surface area contributed by atoms with Crippen LogP contribution in [0.25, 0.3) is 16.9 Å². The summed E-state index contributed by atoms with van der Waals surface area (Å²) in [4.78, 5) is 33.6. The van der Waals surface area contributed by atoms with E-state index in [0.29, 0.717) is 28.7 Å². The summed E-state index contributed by atoms with van der Waals surface area (Å²) in [6.07, 6.45) is 4.68. The summed E-state index contributed by atoms with van der Waals surface area (Å²) in [7, 11) is 0. The summed E-state index contributed by atoms with van der Waals surface area (Å²) >= 11 is 5.78. The van der Waals surface area contributed by atoms with Gasteiger partial charge < -0.3 is 16.0 Å². The molecule has 8 nitrogen and oxygen atoms in total. The molecule has 2 heterocycles. The lowest BCUT2D eigenvalue weighted by Gasteiger charge is -2.10. The summed E-state index contributed by atoms with van der Waals surface area (Å²) < 4.78 is 42.1. The van der Waals surface area contributed by atoms with Crippen molar-refractivity contribution < 1.29 is 22.8 Å². The minimum atomic E-state index is -0.904. The number of amides is 3. The molecule has 0 aliphatic carbocycles. The fourth-order valence-corrected chi connectivity index (χ4v) is 3.85. The van der Waals surface area contributed by atoms with Gasteiger partial charge in [0.05, 0.1) is 22.6 Å². The maximum Gasteiger partial charge on any atom is 0.323 e. The number of benzene rings is 3. The predicted octanol–water partition coefficient (Wildman–Crippen LogP) is 6.36. The monoisotopic (exact) mass is 536 g/mol. The van der Waals surface area contributed by atoms with Gasteiger partial charge in [0.15, 0.2) is 11.5 Å². The number of urea groups is 1. The molecule has 0 bridgehead atoms. The third-order valence-electron chi connectivity index (χ3n) is 5.44. The summed E-state index contributed by atoms with van der Waals surface area (Å²) in [5, 5.41) is 7.39. The third kappa shape index (κ3) is 5.13. The Kier molecular flexibility index (Phi) is 6.67. The van der Waals surface area contributed by atoms with Gasteiger partial charge in [-0.15, -0.1) is 0 Å². The van der Waals surface area contributed by atoms with E-state index >= 15 is 0 Å². The Labute approximate surface area is 218 Å². The Balaban J connectivity index is 1.36. The summed E-state index contributed by atoms with van der Waals surface area (Å²) in [6, 6.07) is 12.5. The van der Waals surface area contributed by atoms with Gasteiger partial charge in [-0.3, -0.25) is 9.20 Å². The number of carbonyl (C=O) groups is 2. The van der Waals surface area contributed by atoms with Crippen LogP contribution in [0, 0.1) is 17.5 Å². The number of carbonyl (C=O) groups excluding carboxylic acids is 2. The molecule has 3 aromatic carbocycles. The fourth-order valence-electron chi connectivity index (χ4n) is 3.67. The molecule has 3 N–H and O–H groups in total. The van der Waals surface area contributed by atoms with Crippen molar-refractivity contribution in [2.24, 2.45) is 0 Å². The van der Waals surface area contributed by atoms with E-state index in [2.05, 4.69) is 25.9 Å². The average Bonchev–Trinajstić information content (AvgIpc) is 3.33. The van der Waals surface area contributed by atoms with Crippen LogP contribution in [0.2, 0.25) is 5.02 Å². The maximum atomic E-state index is 13.8. The van der Waals surface area contributed by atoms with Crippen molar-refractivity contribution in [3.8, 4) is 11.3 Å². The van der Waals surface area contributed by atoms with Crippen LogP contribution < -0.4 is 16.0 Å². The van der Waals surface area contributed by atoms with Gasteiger partial charge in [-0.2, -0.15) is 0 Å². The third-order valence-corrected chi connectivity index (χ3v) is 5.73. The minimum Gasteiger partial charge on any atom is -0.308 e. The van der Waals surface area contributed by atoms with Crippen molar-refractivity contribution in [3.63, 3.8) is 0 Å². The Morgan fingerprint density at radius 1 is 0.868 bits per heavy atom. The zero-order valence-electron chi connectivity index (χ0n) is 19.2. The second-order valence-corrected chi connectivity index (χ2v) is 8.39. The number of hydrogen-bond donors (Lipinski definition) is 3. The van der Waals surface area contributed by atoms with E-state index in [4.69, 9.17) is 11.6 Å². The number of halogens is 4. The molecule has 38 heavy (non-hydrogen) atoms. The lowest BCUT2D eigenvalue weighted by Crippen LogP contribution is -2.20. The minimum absolute atomic E-state index is 0.143. The van der Waals surface area contributed by atoms with E-state index < -0.39 is 29.4 Å². The fraction of sp³-hybridized carbons (Fsp3) is 0. The topological polar surface area (TPSA) is 100 Å². The number of nitrogens with one attached hydrogen (secondary N) is 3. The van der Waals surface area contributed by atoms with Crippen LogP contribution >= 0.6 is 11.6 Å². The molecule has 5 aromatic rings. The normalized spacial score (nSPS) is 10.8. The highest BCUT2D eigenvalue weighted by atomic mass is 35.5. The van der Waals surface area contributed by atoms with Crippen LogP contribution in [0.1, 0.15) is 10.4 Å². The van der Waals surface area contributed by atoms with Gasteiger partial charge in [-0.1, -0.05) is 23.7 Å². The van der Waals surface area contributed by atoms with E-state index in [1.165, 1.54) is 18.3 Å². The number of nitrogens with zero attached hydrogens (tertiary/aromatic N) is 3. The molecule has 0 radical (unpaired) electrons. The van der Waals surface area contributed by atoms with Crippen LogP contribution in [0.15, 0.2) is 79.3 Å². The van der Waals surface area contributed by atoms with E-state index in [-0.39, 0.29) is 22.1 Å². The molecule has 0 spiro atoms. The van der Waals surface area contributed by atoms with E-state index in [9.17, 15) is 22.8 Å². The zero-order valence-corrected chi connectivity index (χ0v) is 19.9. The van der Waals surface area contributed by atoms with E-state index in [0.717, 1.165) is 18.2 Å². The molecular weight excluding hydrogens is 521 g/mol. The Bertz CT molecular complexity index is 1710. The number of rotatable bonds is 5. The number of imidazole rings is 1. The predicted molar refractivity (Wildman–Crippen MR) is 137 cm³/mol. The molecule has 0 saturated heterocycles. The second-order valence-electron chi connectivity index (χ2n) is 7.98. The summed E-state index contributed by atoms with van der Waals surface area (Å²) in [5.41, 5.74) is 1.99. The van der Waals surface area contributed by atoms with Gasteiger partial charge in [0.1, 0.15) is 17.5 Å². The first kappa shape index (κ1) is 24.8. The first-order valence-corrected chi connectivity index (χ1v) is 11.4. The van der Waals surface area contributed by atoms with Gasteiger partial charge in [0.25, 0.3) is 5.91 Å². The van der Waals surface area contributed by atoms with Gasteiger partial charge >= 0.3 is 6.03 Å². The van der Waals surface area contributed by atoms with Crippen molar-refractivity contribution in [2.45, 2.75) is 0 Å². The molecule has 5 rings (SSSR count). The molecule has 0 aliphatic heterocycles. The van der Waals surface area contributed by atoms with Crippen molar-refractivity contribution in [1.29, 1.82) is 0 Å².